The third kappa shape index (κ3) is 54.3. The lowest BCUT2D eigenvalue weighted by molar-refractivity contribution is -0.193. The molecule has 3 unspecified atom stereocenters. The highest BCUT2D eigenvalue weighted by atomic mass is 19.3. The summed E-state index contributed by atoms with van der Waals surface area (Å²) in [6.45, 7) is 13.8. The van der Waals surface area contributed by atoms with E-state index in [0.717, 1.165) is 13.3 Å². The molecule has 0 aliphatic rings. The van der Waals surface area contributed by atoms with Gasteiger partial charge in [-0.05, 0) is 53.0 Å². The van der Waals surface area contributed by atoms with Gasteiger partial charge < -0.3 is 19.3 Å². The normalized spacial score (nSPS) is 11.1. The Hall–Kier alpha value is -4.17. The van der Waals surface area contributed by atoms with E-state index in [1.807, 2.05) is 13.8 Å². The zero-order valence-corrected chi connectivity index (χ0v) is 28.1. The molecule has 282 valence electrons. The van der Waals surface area contributed by atoms with Gasteiger partial charge >= 0.3 is 36.4 Å². The lowest BCUT2D eigenvalue weighted by Gasteiger charge is -2.19. The van der Waals surface area contributed by atoms with E-state index in [1.54, 1.807) is 27.7 Å². The number of ether oxygens (including phenoxy) is 3. The van der Waals surface area contributed by atoms with Crippen LogP contribution in [0.25, 0.3) is 0 Å². The Kier molecular flexibility index (Phi) is 58.3. The van der Waals surface area contributed by atoms with Gasteiger partial charge in [-0.1, -0.05) is 27.7 Å². The number of rotatable bonds is 13. The van der Waals surface area contributed by atoms with Gasteiger partial charge in [-0.2, -0.15) is 28.8 Å². The summed E-state index contributed by atoms with van der Waals surface area (Å²) in [6, 6.07) is 0. The minimum Gasteiger partial charge on any atom is -0.466 e. The fourth-order valence-corrected chi connectivity index (χ4v) is 2.32. The van der Waals surface area contributed by atoms with Crippen LogP contribution in [0.2, 0.25) is 0 Å². The Bertz CT molecular complexity index is 854. The van der Waals surface area contributed by atoms with E-state index in [1.165, 1.54) is 6.92 Å². The summed E-state index contributed by atoms with van der Waals surface area (Å²) in [5.74, 6) is -2.86. The molecule has 0 fully saturated rings. The van der Waals surface area contributed by atoms with Crippen molar-refractivity contribution in [1.29, 1.82) is 0 Å². The highest BCUT2D eigenvalue weighted by Crippen LogP contribution is 2.23. The van der Waals surface area contributed by atoms with Gasteiger partial charge in [-0.3, -0.25) is 9.59 Å². The van der Waals surface area contributed by atoms with Crippen LogP contribution >= 0.6 is 0 Å². The van der Waals surface area contributed by atoms with E-state index in [2.05, 4.69) is 9.47 Å². The first-order chi connectivity index (χ1) is 22.3. The molecule has 0 spiro atoms. The molecule has 0 aromatic rings. The Labute approximate surface area is 275 Å². The van der Waals surface area contributed by atoms with Crippen LogP contribution in [0.15, 0.2) is 11.6 Å². The van der Waals surface area contributed by atoms with Gasteiger partial charge in [0.25, 0.3) is 12.9 Å². The summed E-state index contributed by atoms with van der Waals surface area (Å²) in [7, 11) is 0. The van der Waals surface area contributed by atoms with Crippen LogP contribution in [-0.4, -0.2) is 86.7 Å². The van der Waals surface area contributed by atoms with Gasteiger partial charge in [0.2, 0.25) is 6.43 Å². The van der Waals surface area contributed by atoms with Gasteiger partial charge in [0.05, 0.1) is 25.7 Å². The minimum atomic E-state index is -2.59. The van der Waals surface area contributed by atoms with Gasteiger partial charge in [0, 0.05) is 17.9 Å². The second kappa shape index (κ2) is 47.2. The van der Waals surface area contributed by atoms with Crippen molar-refractivity contribution in [3.8, 4) is 0 Å². The van der Waals surface area contributed by atoms with Crippen LogP contribution < -0.4 is 0 Å². The van der Waals surface area contributed by atoms with Gasteiger partial charge in [0.15, 0.2) is 0 Å². The maximum atomic E-state index is 12.3. The third-order valence-electron chi connectivity index (χ3n) is 4.43. The molecule has 0 aromatic carbocycles. The van der Waals surface area contributed by atoms with Crippen molar-refractivity contribution in [2.75, 3.05) is 19.8 Å². The summed E-state index contributed by atoms with van der Waals surface area (Å²) in [5.41, 5.74) is 0.0341. The fourth-order valence-electron chi connectivity index (χ4n) is 2.32. The number of halogens is 6. The molecule has 0 saturated heterocycles. The molecule has 0 aromatic heterocycles. The Morgan fingerprint density at radius 3 is 1.29 bits per heavy atom. The van der Waals surface area contributed by atoms with E-state index in [-0.39, 0.29) is 49.6 Å². The highest BCUT2D eigenvalue weighted by Gasteiger charge is 2.30. The van der Waals surface area contributed by atoms with Crippen LogP contribution in [0.3, 0.4) is 0 Å². The van der Waals surface area contributed by atoms with Gasteiger partial charge in [-0.15, -0.1) is 0 Å². The minimum absolute atomic E-state index is 0.0341. The number of allylic oxidation sites excluding steroid dienone is 1. The summed E-state index contributed by atoms with van der Waals surface area (Å²) in [6.07, 6.45) is -5.67. The fraction of sp³-hybridized carbons (Fsp3) is 0.724. The smallest absolute Gasteiger partial charge is 0.373 e. The van der Waals surface area contributed by atoms with Crippen LogP contribution in [0, 0.1) is 11.8 Å². The second-order valence-electron chi connectivity index (χ2n) is 7.94. The van der Waals surface area contributed by atoms with Crippen LogP contribution in [0.1, 0.15) is 81.1 Å². The average Bonchev–Trinajstić information content (AvgIpc) is 2.99. The highest BCUT2D eigenvalue weighted by molar-refractivity contribution is 5.88. The van der Waals surface area contributed by atoms with Crippen molar-refractivity contribution in [1.82, 2.24) is 0 Å². The zero-order chi connectivity index (χ0) is 39.7. The standard InChI is InChI=1S/C9H16F2O2.C8H12F2O2.C6H12O2.C3H6F2O.3CO2/c1-4-7(6(3)8(10)11)9(12)13-5-2;1-3-6(5-7(9)10)8(11)12-4-2;1-3-5-6(7)8-4-2;1-2(6)3(4)5;3*2-1-3/h6-8H,4-5H2,1-3H3;5,7H,3-4H2,1-2H3;3-5H2,1-2H3;2-3,6H,1H3;;;/b;6-5-;;;;;. The number of carbonyl (C=O) groups excluding carboxylic acids is 9. The number of hydrogen-bond donors (Lipinski definition) is 1. The Morgan fingerprint density at radius 1 is 0.688 bits per heavy atom. The summed E-state index contributed by atoms with van der Waals surface area (Å²) in [5, 5.41) is 7.88. The summed E-state index contributed by atoms with van der Waals surface area (Å²) >= 11 is 0. The molecule has 0 amide bonds. The molecule has 48 heavy (non-hydrogen) atoms. The number of hydrogen-bond acceptors (Lipinski definition) is 13. The topological polar surface area (TPSA) is 202 Å². The monoisotopic (exact) mass is 716 g/mol. The lowest BCUT2D eigenvalue weighted by Crippen LogP contribution is -2.27. The zero-order valence-electron chi connectivity index (χ0n) is 28.1. The molecule has 1 N–H and O–H groups in total. The molecule has 13 nitrogen and oxygen atoms in total. The molecular weight excluding hydrogens is 670 g/mol. The summed E-state index contributed by atoms with van der Waals surface area (Å²) < 4.78 is 83.8. The molecule has 3 atom stereocenters. The number of esters is 3. The average molecular weight is 717 g/mol. The predicted molar refractivity (Wildman–Crippen MR) is 151 cm³/mol. The number of aliphatic hydroxyl groups is 1. The van der Waals surface area contributed by atoms with E-state index in [4.69, 9.17) is 38.6 Å². The predicted octanol–water partition coefficient (Wildman–Crippen LogP) is 4.86. The molecule has 0 radical (unpaired) electrons. The summed E-state index contributed by atoms with van der Waals surface area (Å²) in [4.78, 5) is 81.2. The first-order valence-electron chi connectivity index (χ1n) is 14.1. The number of carbonyl (C=O) groups is 3. The van der Waals surface area contributed by atoms with Crippen molar-refractivity contribution in [2.45, 2.75) is 106 Å². The van der Waals surface area contributed by atoms with Crippen molar-refractivity contribution in [2.24, 2.45) is 11.8 Å². The van der Waals surface area contributed by atoms with Crippen LogP contribution in [0.5, 0.6) is 0 Å². The molecule has 0 heterocycles. The Balaban J connectivity index is -0.0000000882. The van der Waals surface area contributed by atoms with Crippen molar-refractivity contribution in [3.63, 3.8) is 0 Å². The lowest BCUT2D eigenvalue weighted by atomic mass is 9.92. The Morgan fingerprint density at radius 2 is 1.06 bits per heavy atom. The first-order valence-corrected chi connectivity index (χ1v) is 14.1. The van der Waals surface area contributed by atoms with E-state index in [0.29, 0.717) is 25.5 Å². The SMILES string of the molecule is CC(O)C(F)F.CCCC(=O)OCC.CCOC(=O)/C(=C\C(F)F)CC.CCOC(=O)C(CC)C(C)C(F)F.O=C=O.O=C=O.O=C=O. The number of alkyl halides is 6. The van der Waals surface area contributed by atoms with Crippen molar-refractivity contribution >= 4 is 36.4 Å². The van der Waals surface area contributed by atoms with Crippen LogP contribution in [0.4, 0.5) is 26.3 Å². The van der Waals surface area contributed by atoms with E-state index >= 15 is 0 Å². The molecule has 0 saturated carbocycles. The molecule has 19 heteroatoms. The molecule has 0 aliphatic carbocycles. The molecule has 0 aliphatic heterocycles. The molecule has 0 rings (SSSR count). The van der Waals surface area contributed by atoms with Crippen molar-refractivity contribution < 1.29 is 88.8 Å². The molecule has 0 bridgehead atoms. The third-order valence-corrected chi connectivity index (χ3v) is 4.43. The van der Waals surface area contributed by atoms with Crippen LogP contribution in [-0.2, 0) is 57.4 Å². The van der Waals surface area contributed by atoms with Gasteiger partial charge in [-0.25, -0.2) is 31.1 Å². The largest absolute Gasteiger partial charge is 0.466 e. The maximum Gasteiger partial charge on any atom is 0.373 e. The maximum absolute atomic E-state index is 12.3. The quantitative estimate of drug-likeness (QED) is 0.117. The van der Waals surface area contributed by atoms with E-state index in [9.17, 15) is 40.7 Å². The van der Waals surface area contributed by atoms with Crippen molar-refractivity contribution in [3.05, 3.63) is 11.6 Å². The molecular formula is C29H46F6O13. The second-order valence-corrected chi connectivity index (χ2v) is 7.94. The first kappa shape index (κ1) is 59.3. The number of aliphatic hydroxyl groups excluding tert-OH is 1. The van der Waals surface area contributed by atoms with E-state index < -0.39 is 49.2 Å². The van der Waals surface area contributed by atoms with Gasteiger partial charge in [0.1, 0.15) is 6.10 Å².